The van der Waals surface area contributed by atoms with Gasteiger partial charge in [0.2, 0.25) is 5.91 Å². The number of nitrogens with zero attached hydrogens (tertiary/aromatic N) is 4. The molecule has 0 unspecified atom stereocenters. The van der Waals surface area contributed by atoms with Crippen LogP contribution in [-0.4, -0.2) is 64.4 Å². The van der Waals surface area contributed by atoms with E-state index in [9.17, 15) is 9.59 Å². The number of amides is 1. The van der Waals surface area contributed by atoms with E-state index >= 15 is 0 Å². The van der Waals surface area contributed by atoms with Gasteiger partial charge in [-0.3, -0.25) is 14.5 Å². The highest BCUT2D eigenvalue weighted by molar-refractivity contribution is 5.78. The third-order valence-corrected chi connectivity index (χ3v) is 4.62. The molecule has 0 aromatic carbocycles. The van der Waals surface area contributed by atoms with Gasteiger partial charge in [0.15, 0.2) is 0 Å². The number of carbonyl (C=O) groups excluding carboxylic acids is 1. The van der Waals surface area contributed by atoms with E-state index in [1.165, 1.54) is 4.68 Å². The number of fused-ring (bicyclic) bond motifs is 1. The van der Waals surface area contributed by atoms with Crippen LogP contribution in [-0.2, 0) is 29.5 Å². The highest BCUT2D eigenvalue weighted by Gasteiger charge is 2.26. The van der Waals surface area contributed by atoms with E-state index in [-0.39, 0.29) is 17.6 Å². The molecule has 1 saturated heterocycles. The number of hydrogen-bond donors (Lipinski definition) is 0. The van der Waals surface area contributed by atoms with Gasteiger partial charge in [0.25, 0.3) is 5.56 Å². The van der Waals surface area contributed by atoms with Crippen LogP contribution in [0.15, 0.2) is 10.9 Å². The highest BCUT2D eigenvalue weighted by atomic mass is 16.5. The van der Waals surface area contributed by atoms with Crippen molar-refractivity contribution in [3.8, 4) is 0 Å². The lowest BCUT2D eigenvalue weighted by Gasteiger charge is -2.35. The molecular weight excluding hydrogens is 296 g/mol. The Balaban J connectivity index is 1.62. The van der Waals surface area contributed by atoms with Crippen LogP contribution in [0, 0.1) is 0 Å². The van der Waals surface area contributed by atoms with Crippen LogP contribution < -0.4 is 5.56 Å². The lowest BCUT2D eigenvalue weighted by atomic mass is 10.1. The minimum absolute atomic E-state index is 0.101. The summed E-state index contributed by atoms with van der Waals surface area (Å²) in [6, 6.07) is 1.64. The molecule has 0 spiro atoms. The maximum Gasteiger partial charge on any atom is 0.266 e. The van der Waals surface area contributed by atoms with Crippen LogP contribution >= 0.6 is 0 Å². The summed E-state index contributed by atoms with van der Waals surface area (Å²) in [5.74, 6) is 0.145. The number of ether oxygens (including phenoxy) is 1. The molecule has 1 atom stereocenters. The lowest BCUT2D eigenvalue weighted by Crippen LogP contribution is -2.49. The fraction of sp³-hybridized carbons (Fsp3) is 0.688. The Labute approximate surface area is 135 Å². The topological polar surface area (TPSA) is 67.7 Å². The Morgan fingerprint density at radius 2 is 2.26 bits per heavy atom. The van der Waals surface area contributed by atoms with Gasteiger partial charge in [-0.05, 0) is 12.0 Å². The Bertz CT molecular complexity index is 643. The zero-order valence-corrected chi connectivity index (χ0v) is 13.8. The van der Waals surface area contributed by atoms with Crippen molar-refractivity contribution in [3.63, 3.8) is 0 Å². The standard InChI is InChI=1S/C16H24N4O3/c1-3-13-10-20(6-7-23-13)16(22)11-19-5-4-14-12(9-19)8-15(21)18(2)17-14/h8,13H,3-7,9-11H2,1-2H3/t13-/m1/s1. The zero-order valence-electron chi connectivity index (χ0n) is 13.8. The molecule has 2 aliphatic rings. The van der Waals surface area contributed by atoms with Crippen molar-refractivity contribution in [2.45, 2.75) is 32.4 Å². The minimum Gasteiger partial charge on any atom is -0.375 e. The third kappa shape index (κ3) is 3.61. The second kappa shape index (κ2) is 6.80. The summed E-state index contributed by atoms with van der Waals surface area (Å²) in [4.78, 5) is 28.2. The maximum absolute atomic E-state index is 12.5. The van der Waals surface area contributed by atoms with Gasteiger partial charge in [-0.25, -0.2) is 4.68 Å². The summed E-state index contributed by atoms with van der Waals surface area (Å²) in [6.07, 6.45) is 1.86. The Hall–Kier alpha value is -1.73. The van der Waals surface area contributed by atoms with Gasteiger partial charge in [0, 0.05) is 45.7 Å². The number of aromatic nitrogens is 2. The largest absolute Gasteiger partial charge is 0.375 e. The lowest BCUT2D eigenvalue weighted by molar-refractivity contribution is -0.140. The van der Waals surface area contributed by atoms with Crippen molar-refractivity contribution >= 4 is 5.91 Å². The van der Waals surface area contributed by atoms with Gasteiger partial charge in [0.1, 0.15) is 0 Å². The molecule has 1 aromatic heterocycles. The van der Waals surface area contributed by atoms with E-state index in [0.29, 0.717) is 32.8 Å². The van der Waals surface area contributed by atoms with E-state index in [4.69, 9.17) is 4.74 Å². The van der Waals surface area contributed by atoms with Crippen LogP contribution in [0.4, 0.5) is 0 Å². The fourth-order valence-corrected chi connectivity index (χ4v) is 3.17. The average Bonchev–Trinajstić information content (AvgIpc) is 2.56. The molecular formula is C16H24N4O3. The maximum atomic E-state index is 12.5. The van der Waals surface area contributed by atoms with Crippen LogP contribution in [0.3, 0.4) is 0 Å². The fourth-order valence-electron chi connectivity index (χ4n) is 3.17. The molecule has 0 radical (unpaired) electrons. The smallest absolute Gasteiger partial charge is 0.266 e. The second-order valence-corrected chi connectivity index (χ2v) is 6.28. The molecule has 0 N–H and O–H groups in total. The Morgan fingerprint density at radius 1 is 1.43 bits per heavy atom. The second-order valence-electron chi connectivity index (χ2n) is 6.28. The van der Waals surface area contributed by atoms with E-state index in [1.54, 1.807) is 13.1 Å². The van der Waals surface area contributed by atoms with Gasteiger partial charge in [-0.1, -0.05) is 6.92 Å². The number of hydrogen-bond acceptors (Lipinski definition) is 5. The highest BCUT2D eigenvalue weighted by Crippen LogP contribution is 2.16. The predicted molar refractivity (Wildman–Crippen MR) is 85.1 cm³/mol. The number of rotatable bonds is 3. The molecule has 126 valence electrons. The summed E-state index contributed by atoms with van der Waals surface area (Å²) in [7, 11) is 1.67. The van der Waals surface area contributed by atoms with Gasteiger partial charge in [-0.2, -0.15) is 5.10 Å². The molecule has 2 aliphatic heterocycles. The number of carbonyl (C=O) groups is 1. The van der Waals surface area contributed by atoms with Gasteiger partial charge >= 0.3 is 0 Å². The molecule has 7 heteroatoms. The molecule has 23 heavy (non-hydrogen) atoms. The normalized spacial score (nSPS) is 22.0. The van der Waals surface area contributed by atoms with Crippen LogP contribution in [0.1, 0.15) is 24.6 Å². The van der Waals surface area contributed by atoms with Crippen LogP contribution in [0.25, 0.3) is 0 Å². The van der Waals surface area contributed by atoms with Crippen molar-refractivity contribution in [1.82, 2.24) is 19.6 Å². The molecule has 0 bridgehead atoms. The molecule has 0 aliphatic carbocycles. The average molecular weight is 320 g/mol. The first-order valence-electron chi connectivity index (χ1n) is 8.24. The summed E-state index contributed by atoms with van der Waals surface area (Å²) < 4.78 is 6.99. The summed E-state index contributed by atoms with van der Waals surface area (Å²) >= 11 is 0. The van der Waals surface area contributed by atoms with E-state index in [0.717, 1.165) is 30.6 Å². The molecule has 7 nitrogen and oxygen atoms in total. The molecule has 3 heterocycles. The first-order valence-corrected chi connectivity index (χ1v) is 8.24. The minimum atomic E-state index is -0.101. The van der Waals surface area contributed by atoms with Gasteiger partial charge in [-0.15, -0.1) is 0 Å². The summed E-state index contributed by atoms with van der Waals surface area (Å²) in [5, 5.41) is 4.30. The summed E-state index contributed by atoms with van der Waals surface area (Å²) in [5.41, 5.74) is 1.81. The van der Waals surface area contributed by atoms with Crippen molar-refractivity contribution in [3.05, 3.63) is 27.7 Å². The molecule has 3 rings (SSSR count). The SMILES string of the molecule is CC[C@@H]1CN(C(=O)CN2CCc3nn(C)c(=O)cc3C2)CCO1. The quantitative estimate of drug-likeness (QED) is 0.770. The first kappa shape index (κ1) is 16.1. The summed E-state index contributed by atoms with van der Waals surface area (Å²) in [6.45, 7) is 5.85. The van der Waals surface area contributed by atoms with Gasteiger partial charge < -0.3 is 9.64 Å². The third-order valence-electron chi connectivity index (χ3n) is 4.62. The van der Waals surface area contributed by atoms with Crippen LogP contribution in [0.2, 0.25) is 0 Å². The number of morpholine rings is 1. The van der Waals surface area contributed by atoms with Crippen LogP contribution in [0.5, 0.6) is 0 Å². The monoisotopic (exact) mass is 320 g/mol. The van der Waals surface area contributed by atoms with Crippen molar-refractivity contribution < 1.29 is 9.53 Å². The Kier molecular flexibility index (Phi) is 4.77. The van der Waals surface area contributed by atoms with Crippen molar-refractivity contribution in [2.24, 2.45) is 7.05 Å². The van der Waals surface area contributed by atoms with E-state index in [2.05, 4.69) is 16.9 Å². The zero-order chi connectivity index (χ0) is 16.4. The van der Waals surface area contributed by atoms with Gasteiger partial charge in [0.05, 0.1) is 24.9 Å². The van der Waals surface area contributed by atoms with Crippen molar-refractivity contribution in [1.29, 1.82) is 0 Å². The molecule has 1 aromatic rings. The molecule has 0 saturated carbocycles. The molecule has 1 fully saturated rings. The Morgan fingerprint density at radius 3 is 3.04 bits per heavy atom. The first-order chi connectivity index (χ1) is 11.1. The van der Waals surface area contributed by atoms with E-state index < -0.39 is 0 Å². The van der Waals surface area contributed by atoms with E-state index in [1.807, 2.05) is 4.90 Å². The number of aryl methyl sites for hydroxylation is 1. The molecule has 1 amide bonds. The predicted octanol–water partition coefficient (Wildman–Crippen LogP) is -0.224. The van der Waals surface area contributed by atoms with Crippen molar-refractivity contribution in [2.75, 3.05) is 32.8 Å².